The quantitative estimate of drug-likeness (QED) is 0.422. The Morgan fingerprint density at radius 3 is 3.12 bits per heavy atom. The van der Waals surface area contributed by atoms with Gasteiger partial charge in [0.2, 0.25) is 0 Å². The topological polar surface area (TPSA) is 100 Å². The molecule has 0 bridgehead atoms. The zero-order chi connectivity index (χ0) is 11.5. The van der Waals surface area contributed by atoms with Crippen molar-refractivity contribution in [2.45, 2.75) is 13.0 Å². The van der Waals surface area contributed by atoms with Gasteiger partial charge in [-0.15, -0.1) is 0 Å². The monoisotopic (exact) mass is 222 g/mol. The lowest BCUT2D eigenvalue weighted by molar-refractivity contribution is 0.281. The summed E-state index contributed by atoms with van der Waals surface area (Å²) in [6, 6.07) is -0.0963. The maximum Gasteiger partial charge on any atom is 0.180 e. The number of aliphatic hydroxyl groups excluding tert-OH is 1. The highest BCUT2D eigenvalue weighted by Gasteiger charge is 2.09. The Hall–Kier alpha value is -1.86. The second-order valence-electron chi connectivity index (χ2n) is 3.51. The van der Waals surface area contributed by atoms with E-state index in [2.05, 4.69) is 20.7 Å². The van der Waals surface area contributed by atoms with Crippen LogP contribution in [0.25, 0.3) is 5.65 Å². The van der Waals surface area contributed by atoms with Gasteiger partial charge in [0, 0.05) is 18.4 Å². The maximum atomic E-state index is 8.99. The molecule has 2 rings (SSSR count). The van der Waals surface area contributed by atoms with Crippen LogP contribution >= 0.6 is 0 Å². The lowest BCUT2D eigenvalue weighted by Gasteiger charge is -2.13. The molecule has 1 atom stereocenters. The smallest absolute Gasteiger partial charge is 0.180 e. The lowest BCUT2D eigenvalue weighted by atomic mass is 10.3. The lowest BCUT2D eigenvalue weighted by Crippen LogP contribution is -2.21. The molecule has 86 valence electrons. The van der Waals surface area contributed by atoms with Gasteiger partial charge in [0.15, 0.2) is 17.3 Å². The molecule has 0 saturated carbocycles. The second kappa shape index (κ2) is 4.33. The summed E-state index contributed by atoms with van der Waals surface area (Å²) in [6.45, 7) is 1.87. The number of hydrogen-bond donors (Lipinski definition) is 4. The van der Waals surface area contributed by atoms with Gasteiger partial charge in [-0.2, -0.15) is 0 Å². The SMILES string of the molecule is CC(CO)Nc1nc(NN)cn2ccnc12. The fourth-order valence-electron chi connectivity index (χ4n) is 1.38. The Morgan fingerprint density at radius 2 is 2.44 bits per heavy atom. The fourth-order valence-corrected chi connectivity index (χ4v) is 1.38. The molecular weight excluding hydrogens is 208 g/mol. The third kappa shape index (κ3) is 1.90. The second-order valence-corrected chi connectivity index (χ2v) is 3.51. The molecule has 0 aliphatic heterocycles. The number of nitrogens with zero attached hydrogens (tertiary/aromatic N) is 3. The summed E-state index contributed by atoms with van der Waals surface area (Å²) in [4.78, 5) is 8.41. The summed E-state index contributed by atoms with van der Waals surface area (Å²) in [6.07, 6.45) is 5.20. The molecule has 0 fully saturated rings. The van der Waals surface area contributed by atoms with Gasteiger partial charge in [-0.05, 0) is 6.92 Å². The van der Waals surface area contributed by atoms with Crippen LogP contribution in [0.4, 0.5) is 11.6 Å². The predicted molar refractivity (Wildman–Crippen MR) is 61.0 cm³/mol. The van der Waals surface area contributed by atoms with Crippen molar-refractivity contribution in [1.82, 2.24) is 14.4 Å². The molecule has 7 heteroatoms. The van der Waals surface area contributed by atoms with Crippen molar-refractivity contribution in [3.05, 3.63) is 18.6 Å². The van der Waals surface area contributed by atoms with Crippen molar-refractivity contribution in [2.75, 3.05) is 17.3 Å². The number of nitrogens with one attached hydrogen (secondary N) is 2. The normalized spacial score (nSPS) is 12.7. The van der Waals surface area contributed by atoms with Gasteiger partial charge in [0.1, 0.15) is 0 Å². The minimum Gasteiger partial charge on any atom is -0.394 e. The van der Waals surface area contributed by atoms with E-state index >= 15 is 0 Å². The Kier molecular flexibility index (Phi) is 2.88. The zero-order valence-corrected chi connectivity index (χ0v) is 8.88. The van der Waals surface area contributed by atoms with Crippen molar-refractivity contribution in [3.8, 4) is 0 Å². The number of aliphatic hydroxyl groups is 1. The molecule has 5 N–H and O–H groups in total. The van der Waals surface area contributed by atoms with E-state index in [0.717, 1.165) is 0 Å². The van der Waals surface area contributed by atoms with Crippen LogP contribution in [0.15, 0.2) is 18.6 Å². The van der Waals surface area contributed by atoms with Gasteiger partial charge in [-0.3, -0.25) is 0 Å². The molecule has 0 aliphatic carbocycles. The summed E-state index contributed by atoms with van der Waals surface area (Å²) in [5.74, 6) is 6.43. The van der Waals surface area contributed by atoms with Crippen molar-refractivity contribution < 1.29 is 5.11 Å². The van der Waals surface area contributed by atoms with Crippen LogP contribution in [0.1, 0.15) is 6.92 Å². The number of hydrogen-bond acceptors (Lipinski definition) is 6. The molecule has 0 amide bonds. The first-order valence-corrected chi connectivity index (χ1v) is 4.92. The number of aromatic nitrogens is 3. The van der Waals surface area contributed by atoms with Crippen LogP contribution in [0.5, 0.6) is 0 Å². The van der Waals surface area contributed by atoms with Crippen LogP contribution in [0, 0.1) is 0 Å². The molecule has 0 saturated heterocycles. The van der Waals surface area contributed by atoms with E-state index in [0.29, 0.717) is 17.3 Å². The first kappa shape index (κ1) is 10.7. The molecule has 0 spiro atoms. The highest BCUT2D eigenvalue weighted by atomic mass is 16.3. The third-order valence-electron chi connectivity index (χ3n) is 2.18. The van der Waals surface area contributed by atoms with Gasteiger partial charge < -0.3 is 20.2 Å². The molecule has 0 radical (unpaired) electrons. The van der Waals surface area contributed by atoms with Crippen LogP contribution in [0.3, 0.4) is 0 Å². The van der Waals surface area contributed by atoms with E-state index < -0.39 is 0 Å². The molecule has 2 aromatic rings. The van der Waals surface area contributed by atoms with Gasteiger partial charge >= 0.3 is 0 Å². The number of rotatable bonds is 4. The summed E-state index contributed by atoms with van der Waals surface area (Å²) in [5, 5.41) is 12.0. The van der Waals surface area contributed by atoms with E-state index in [1.54, 1.807) is 23.0 Å². The van der Waals surface area contributed by atoms with Crippen LogP contribution in [-0.2, 0) is 0 Å². The molecular formula is C9H14N6O. The Morgan fingerprint density at radius 1 is 1.62 bits per heavy atom. The van der Waals surface area contributed by atoms with Crippen LogP contribution in [0.2, 0.25) is 0 Å². The summed E-state index contributed by atoms with van der Waals surface area (Å²) in [7, 11) is 0. The minimum atomic E-state index is -0.0963. The molecule has 2 aromatic heterocycles. The number of nitrogen functional groups attached to an aromatic ring is 1. The van der Waals surface area contributed by atoms with Crippen molar-refractivity contribution in [1.29, 1.82) is 0 Å². The maximum absolute atomic E-state index is 8.99. The molecule has 7 nitrogen and oxygen atoms in total. The Labute approximate surface area is 92.3 Å². The standard InChI is InChI=1S/C9H14N6O/c1-6(5-16)12-8-9-11-2-3-15(9)4-7(13-8)14-10/h2-4,6,14,16H,5,10H2,1H3,(H,12,13). The highest BCUT2D eigenvalue weighted by Crippen LogP contribution is 2.16. The Bertz CT molecular complexity index is 482. The first-order valence-electron chi connectivity index (χ1n) is 4.92. The van der Waals surface area contributed by atoms with E-state index in [1.807, 2.05) is 6.92 Å². The number of imidazole rings is 1. The van der Waals surface area contributed by atoms with Crippen LogP contribution in [-0.4, -0.2) is 32.1 Å². The van der Waals surface area contributed by atoms with Gasteiger partial charge in [-0.25, -0.2) is 15.8 Å². The van der Waals surface area contributed by atoms with Gasteiger partial charge in [0.25, 0.3) is 0 Å². The number of fused-ring (bicyclic) bond motifs is 1. The number of anilines is 2. The Balaban J connectivity index is 2.44. The van der Waals surface area contributed by atoms with Crippen LogP contribution < -0.4 is 16.6 Å². The highest BCUT2D eigenvalue weighted by molar-refractivity contribution is 5.65. The first-order chi connectivity index (χ1) is 7.74. The van der Waals surface area contributed by atoms with Crippen molar-refractivity contribution in [2.24, 2.45) is 5.84 Å². The average Bonchev–Trinajstić information content (AvgIpc) is 2.76. The molecule has 0 aromatic carbocycles. The van der Waals surface area contributed by atoms with E-state index in [9.17, 15) is 0 Å². The number of hydrazine groups is 1. The van der Waals surface area contributed by atoms with Gasteiger partial charge in [-0.1, -0.05) is 0 Å². The molecule has 0 aliphatic rings. The summed E-state index contributed by atoms with van der Waals surface area (Å²) in [5.41, 5.74) is 3.17. The molecule has 1 unspecified atom stereocenters. The predicted octanol–water partition coefficient (Wildman–Crippen LogP) is -0.192. The van der Waals surface area contributed by atoms with Gasteiger partial charge in [0.05, 0.1) is 12.8 Å². The largest absolute Gasteiger partial charge is 0.394 e. The average molecular weight is 222 g/mol. The summed E-state index contributed by atoms with van der Waals surface area (Å²) >= 11 is 0. The van der Waals surface area contributed by atoms with E-state index in [4.69, 9.17) is 10.9 Å². The van der Waals surface area contributed by atoms with E-state index in [-0.39, 0.29) is 12.6 Å². The van der Waals surface area contributed by atoms with Crippen molar-refractivity contribution >= 4 is 17.3 Å². The summed E-state index contributed by atoms with van der Waals surface area (Å²) < 4.78 is 1.80. The zero-order valence-electron chi connectivity index (χ0n) is 8.88. The number of nitrogens with two attached hydrogens (primary N) is 1. The molecule has 2 heterocycles. The third-order valence-corrected chi connectivity index (χ3v) is 2.18. The van der Waals surface area contributed by atoms with E-state index in [1.165, 1.54) is 0 Å². The minimum absolute atomic E-state index is 0.0226. The van der Waals surface area contributed by atoms with Crippen molar-refractivity contribution in [3.63, 3.8) is 0 Å². The fraction of sp³-hybridized carbons (Fsp3) is 0.333. The molecule has 16 heavy (non-hydrogen) atoms.